The standard InChI is InChI=1S/C21H31NO3/c1-20(2,3)15-7-8-19(23)22-10-6-9-21(22,14-15)16-11-17(24-4)13-18(12-16)25-5/h11-13,15H,6-10,14H2,1-5H3/t15-,21+/m0/s1. The van der Waals surface area contributed by atoms with Crippen molar-refractivity contribution in [2.45, 2.75) is 58.4 Å². The fourth-order valence-electron chi connectivity index (χ4n) is 4.63. The maximum absolute atomic E-state index is 12.9. The largest absolute Gasteiger partial charge is 0.497 e. The van der Waals surface area contributed by atoms with Gasteiger partial charge in [0.2, 0.25) is 5.91 Å². The molecular formula is C21H31NO3. The second-order valence-corrected chi connectivity index (χ2v) is 8.59. The first-order chi connectivity index (χ1) is 11.8. The second kappa shape index (κ2) is 6.54. The van der Waals surface area contributed by atoms with E-state index in [0.717, 1.165) is 49.3 Å². The van der Waals surface area contributed by atoms with Crippen LogP contribution in [0.2, 0.25) is 0 Å². The lowest BCUT2D eigenvalue weighted by Gasteiger charge is -2.42. The molecule has 1 aromatic carbocycles. The summed E-state index contributed by atoms with van der Waals surface area (Å²) in [6, 6.07) is 6.09. The minimum absolute atomic E-state index is 0.189. The third kappa shape index (κ3) is 3.23. The summed E-state index contributed by atoms with van der Waals surface area (Å²) in [6.45, 7) is 7.75. The molecule has 1 aromatic rings. The number of methoxy groups -OCH3 is 2. The number of nitrogens with zero attached hydrogens (tertiary/aromatic N) is 1. The molecule has 0 bridgehead atoms. The molecule has 138 valence electrons. The number of fused-ring (bicyclic) bond motifs is 1. The molecule has 2 fully saturated rings. The fraction of sp³-hybridized carbons (Fsp3) is 0.667. The molecular weight excluding hydrogens is 314 g/mol. The van der Waals surface area contributed by atoms with Crippen molar-refractivity contribution in [1.29, 1.82) is 0 Å². The van der Waals surface area contributed by atoms with Crippen LogP contribution < -0.4 is 9.47 Å². The van der Waals surface area contributed by atoms with Crippen molar-refractivity contribution in [2.75, 3.05) is 20.8 Å². The van der Waals surface area contributed by atoms with Gasteiger partial charge in [-0.2, -0.15) is 0 Å². The van der Waals surface area contributed by atoms with Crippen LogP contribution in [0.5, 0.6) is 11.5 Å². The fourth-order valence-corrected chi connectivity index (χ4v) is 4.63. The Morgan fingerprint density at radius 1 is 1.12 bits per heavy atom. The molecule has 4 nitrogen and oxygen atoms in total. The molecule has 3 rings (SSSR count). The number of rotatable bonds is 3. The SMILES string of the molecule is COc1cc(OC)cc([C@]23CCCN2C(=O)CC[C@H](C(C)(C)C)C3)c1. The summed E-state index contributed by atoms with van der Waals surface area (Å²) in [5.74, 6) is 2.39. The summed E-state index contributed by atoms with van der Waals surface area (Å²) in [5.41, 5.74) is 1.12. The third-order valence-corrected chi connectivity index (χ3v) is 6.19. The van der Waals surface area contributed by atoms with E-state index in [1.54, 1.807) is 14.2 Å². The van der Waals surface area contributed by atoms with E-state index in [0.29, 0.717) is 18.2 Å². The molecule has 2 atom stereocenters. The van der Waals surface area contributed by atoms with Crippen LogP contribution in [-0.2, 0) is 10.3 Å². The van der Waals surface area contributed by atoms with E-state index in [1.807, 2.05) is 6.07 Å². The van der Waals surface area contributed by atoms with E-state index < -0.39 is 0 Å². The lowest BCUT2D eigenvalue weighted by atomic mass is 9.70. The van der Waals surface area contributed by atoms with E-state index >= 15 is 0 Å². The van der Waals surface area contributed by atoms with E-state index in [9.17, 15) is 4.79 Å². The van der Waals surface area contributed by atoms with Crippen molar-refractivity contribution < 1.29 is 14.3 Å². The second-order valence-electron chi connectivity index (χ2n) is 8.59. The Balaban J connectivity index is 2.12. The van der Waals surface area contributed by atoms with Crippen molar-refractivity contribution >= 4 is 5.91 Å². The molecule has 2 aliphatic rings. The van der Waals surface area contributed by atoms with Gasteiger partial charge < -0.3 is 14.4 Å². The summed E-state index contributed by atoms with van der Waals surface area (Å²) in [7, 11) is 3.36. The number of hydrogen-bond acceptors (Lipinski definition) is 3. The summed E-state index contributed by atoms with van der Waals surface area (Å²) >= 11 is 0. The van der Waals surface area contributed by atoms with Crippen LogP contribution >= 0.6 is 0 Å². The van der Waals surface area contributed by atoms with E-state index in [4.69, 9.17) is 9.47 Å². The lowest BCUT2D eigenvalue weighted by molar-refractivity contribution is -0.134. The number of hydrogen-bond donors (Lipinski definition) is 0. The van der Waals surface area contributed by atoms with Crippen molar-refractivity contribution in [3.8, 4) is 11.5 Å². The minimum atomic E-state index is -0.229. The highest BCUT2D eigenvalue weighted by molar-refractivity contribution is 5.78. The lowest BCUT2D eigenvalue weighted by Crippen LogP contribution is -2.45. The van der Waals surface area contributed by atoms with Gasteiger partial charge in [0.15, 0.2) is 0 Å². The van der Waals surface area contributed by atoms with Crippen molar-refractivity contribution in [2.24, 2.45) is 11.3 Å². The molecule has 2 aliphatic heterocycles. The van der Waals surface area contributed by atoms with Gasteiger partial charge in [-0.3, -0.25) is 4.79 Å². The molecule has 1 amide bonds. The Morgan fingerprint density at radius 2 is 1.76 bits per heavy atom. The summed E-state index contributed by atoms with van der Waals surface area (Å²) in [6.07, 6.45) is 4.72. The molecule has 25 heavy (non-hydrogen) atoms. The Hall–Kier alpha value is -1.71. The van der Waals surface area contributed by atoms with Crippen LogP contribution in [0, 0.1) is 11.3 Å². The van der Waals surface area contributed by atoms with Gasteiger partial charge >= 0.3 is 0 Å². The van der Waals surface area contributed by atoms with Crippen LogP contribution in [0.15, 0.2) is 18.2 Å². The normalized spacial score (nSPS) is 27.0. The monoisotopic (exact) mass is 345 g/mol. The first-order valence-corrected chi connectivity index (χ1v) is 9.34. The molecule has 2 heterocycles. The quantitative estimate of drug-likeness (QED) is 0.816. The van der Waals surface area contributed by atoms with Crippen molar-refractivity contribution in [1.82, 2.24) is 4.90 Å². The topological polar surface area (TPSA) is 38.8 Å². The van der Waals surface area contributed by atoms with Gasteiger partial charge in [0.1, 0.15) is 11.5 Å². The first kappa shape index (κ1) is 18.1. The van der Waals surface area contributed by atoms with E-state index in [2.05, 4.69) is 37.8 Å². The summed E-state index contributed by atoms with van der Waals surface area (Å²) < 4.78 is 11.0. The van der Waals surface area contributed by atoms with Gasteiger partial charge in [0.05, 0.1) is 19.8 Å². The minimum Gasteiger partial charge on any atom is -0.497 e. The molecule has 0 aliphatic carbocycles. The van der Waals surface area contributed by atoms with Crippen molar-refractivity contribution in [3.05, 3.63) is 23.8 Å². The molecule has 0 radical (unpaired) electrons. The zero-order valence-electron chi connectivity index (χ0n) is 16.2. The molecule has 2 saturated heterocycles. The molecule has 0 aromatic heterocycles. The van der Waals surface area contributed by atoms with Gasteiger partial charge in [-0.25, -0.2) is 0 Å². The highest BCUT2D eigenvalue weighted by Gasteiger charge is 2.49. The van der Waals surface area contributed by atoms with E-state index in [1.165, 1.54) is 0 Å². The van der Waals surface area contributed by atoms with Gasteiger partial charge in [-0.05, 0) is 54.7 Å². The Labute approximate surface area is 151 Å². The van der Waals surface area contributed by atoms with Gasteiger partial charge in [-0.15, -0.1) is 0 Å². The highest BCUT2D eigenvalue weighted by Crippen LogP contribution is 2.51. The number of amides is 1. The number of ether oxygens (including phenoxy) is 2. The maximum atomic E-state index is 12.9. The predicted octanol–water partition coefficient (Wildman–Crippen LogP) is 4.37. The van der Waals surface area contributed by atoms with Gasteiger partial charge in [-0.1, -0.05) is 20.8 Å². The average molecular weight is 345 g/mol. The van der Waals surface area contributed by atoms with Crippen LogP contribution in [0.3, 0.4) is 0 Å². The smallest absolute Gasteiger partial charge is 0.223 e. The molecule has 0 N–H and O–H groups in total. The van der Waals surface area contributed by atoms with Crippen LogP contribution in [0.1, 0.15) is 58.4 Å². The third-order valence-electron chi connectivity index (χ3n) is 6.19. The number of carbonyl (C=O) groups is 1. The van der Waals surface area contributed by atoms with Gasteiger partial charge in [0.25, 0.3) is 0 Å². The Morgan fingerprint density at radius 3 is 2.32 bits per heavy atom. The predicted molar refractivity (Wildman–Crippen MR) is 99.0 cm³/mol. The average Bonchev–Trinajstić information content (AvgIpc) is 2.95. The zero-order valence-corrected chi connectivity index (χ0v) is 16.2. The zero-order chi connectivity index (χ0) is 18.2. The summed E-state index contributed by atoms with van der Waals surface area (Å²) in [5, 5.41) is 0. The maximum Gasteiger partial charge on any atom is 0.223 e. The molecule has 0 spiro atoms. The molecule has 0 unspecified atom stereocenters. The van der Waals surface area contributed by atoms with Gasteiger partial charge in [0, 0.05) is 19.0 Å². The first-order valence-electron chi connectivity index (χ1n) is 9.34. The number of benzene rings is 1. The number of carbonyl (C=O) groups excluding carboxylic acids is 1. The highest BCUT2D eigenvalue weighted by atomic mass is 16.5. The molecule has 0 saturated carbocycles. The van der Waals surface area contributed by atoms with Crippen LogP contribution in [0.25, 0.3) is 0 Å². The van der Waals surface area contributed by atoms with Crippen LogP contribution in [0.4, 0.5) is 0 Å². The Bertz CT molecular complexity index is 627. The Kier molecular flexibility index (Phi) is 4.74. The van der Waals surface area contributed by atoms with Crippen LogP contribution in [-0.4, -0.2) is 31.6 Å². The van der Waals surface area contributed by atoms with E-state index in [-0.39, 0.29) is 11.0 Å². The molecule has 4 heteroatoms. The summed E-state index contributed by atoms with van der Waals surface area (Å²) in [4.78, 5) is 15.1. The van der Waals surface area contributed by atoms with Crippen molar-refractivity contribution in [3.63, 3.8) is 0 Å².